The highest BCUT2D eigenvalue weighted by atomic mass is 14.9. The quantitative estimate of drug-likeness (QED) is 0.0848. The normalized spacial score (nSPS) is 11.0. The molecule has 0 aliphatic heterocycles. The molecule has 0 radical (unpaired) electrons. The molecule has 5 aromatic rings. The molecule has 0 bridgehead atoms. The van der Waals surface area contributed by atoms with E-state index in [4.69, 9.17) is 0 Å². The zero-order valence-electron chi connectivity index (χ0n) is 24.8. The number of nitrogens with zero attached hydrogens (tertiary/aromatic N) is 1. The fourth-order valence-electron chi connectivity index (χ4n) is 6.13. The molecule has 4 aromatic carbocycles. The van der Waals surface area contributed by atoms with E-state index in [0.29, 0.717) is 0 Å². The standard InChI is InChI=1S/C24H20B.C15H26N/c1-5-13-21(14-6-1)25(22-15-7-2-8-16-22,23-17-9-3-10-18-23)24-19-11-4-12-20-24;1-2-3-4-5-6-7-8-10-13-16-14-11-9-12-15-16/h1-20H;9,11-12,14-15H,2-8,10,13H2,1H3/q-1;+1. The molecule has 1 heterocycles. The summed E-state index contributed by atoms with van der Waals surface area (Å²) in [7, 11) is 0. The van der Waals surface area contributed by atoms with Crippen molar-refractivity contribution in [3.05, 3.63) is 152 Å². The van der Waals surface area contributed by atoms with Crippen LogP contribution in [-0.4, -0.2) is 6.15 Å². The largest absolute Gasteiger partial charge is 0.205 e. The Labute approximate surface area is 248 Å². The molecular weight excluding hydrogens is 493 g/mol. The summed E-state index contributed by atoms with van der Waals surface area (Å²) >= 11 is 0. The lowest BCUT2D eigenvalue weighted by Gasteiger charge is -2.44. The number of rotatable bonds is 13. The first-order valence-corrected chi connectivity index (χ1v) is 15.7. The van der Waals surface area contributed by atoms with E-state index in [2.05, 4.69) is 163 Å². The van der Waals surface area contributed by atoms with Gasteiger partial charge in [-0.2, -0.15) is 21.9 Å². The van der Waals surface area contributed by atoms with Crippen LogP contribution in [0, 0.1) is 0 Å². The van der Waals surface area contributed by atoms with Crippen LogP contribution in [-0.2, 0) is 6.54 Å². The average molecular weight is 540 g/mol. The minimum atomic E-state index is -1.22. The van der Waals surface area contributed by atoms with Crippen LogP contribution in [0.4, 0.5) is 0 Å². The van der Waals surface area contributed by atoms with E-state index in [-0.39, 0.29) is 0 Å². The monoisotopic (exact) mass is 539 g/mol. The highest BCUT2D eigenvalue weighted by Crippen LogP contribution is 2.10. The van der Waals surface area contributed by atoms with Crippen molar-refractivity contribution in [3.8, 4) is 0 Å². The van der Waals surface area contributed by atoms with Crippen molar-refractivity contribution in [1.82, 2.24) is 0 Å². The molecule has 0 aliphatic carbocycles. The molecule has 0 saturated carbocycles. The maximum Gasteiger partial charge on any atom is 0.168 e. The van der Waals surface area contributed by atoms with Crippen LogP contribution < -0.4 is 26.4 Å². The molecule has 0 fully saturated rings. The van der Waals surface area contributed by atoms with Gasteiger partial charge in [-0.3, -0.25) is 0 Å². The van der Waals surface area contributed by atoms with Crippen LogP contribution in [0.1, 0.15) is 58.3 Å². The maximum absolute atomic E-state index is 2.27. The second kappa shape index (κ2) is 17.0. The highest BCUT2D eigenvalue weighted by Gasteiger charge is 2.31. The van der Waals surface area contributed by atoms with Crippen molar-refractivity contribution in [2.45, 2.75) is 64.8 Å². The zero-order valence-corrected chi connectivity index (χ0v) is 24.8. The number of aryl methyl sites for hydroxylation is 1. The van der Waals surface area contributed by atoms with Crippen LogP contribution in [0.15, 0.2) is 152 Å². The van der Waals surface area contributed by atoms with Crippen molar-refractivity contribution in [2.75, 3.05) is 0 Å². The molecule has 1 nitrogen and oxygen atoms in total. The number of unbranched alkanes of at least 4 members (excludes halogenated alkanes) is 7. The van der Waals surface area contributed by atoms with Gasteiger partial charge in [-0.15, -0.1) is 0 Å². The fourth-order valence-corrected chi connectivity index (χ4v) is 6.13. The van der Waals surface area contributed by atoms with Crippen molar-refractivity contribution >= 4 is 28.0 Å². The van der Waals surface area contributed by atoms with Crippen molar-refractivity contribution in [2.24, 2.45) is 0 Å². The van der Waals surface area contributed by atoms with E-state index in [1.165, 1.54) is 79.8 Å². The lowest BCUT2D eigenvalue weighted by Crippen LogP contribution is -2.74. The second-order valence-corrected chi connectivity index (χ2v) is 11.1. The summed E-state index contributed by atoms with van der Waals surface area (Å²) in [6.45, 7) is 3.45. The van der Waals surface area contributed by atoms with Crippen LogP contribution in [0.2, 0.25) is 0 Å². The van der Waals surface area contributed by atoms with E-state index in [1.807, 2.05) is 0 Å². The Kier molecular flexibility index (Phi) is 12.5. The zero-order chi connectivity index (χ0) is 28.4. The summed E-state index contributed by atoms with van der Waals surface area (Å²) in [5.74, 6) is 0. The molecule has 0 saturated heterocycles. The SMILES string of the molecule is CCCCCCCCCC[n+]1ccccc1.c1ccc([B-](c2ccccc2)(c2ccccc2)c2ccccc2)cc1. The van der Waals surface area contributed by atoms with Gasteiger partial charge in [0.1, 0.15) is 12.7 Å². The van der Waals surface area contributed by atoms with Gasteiger partial charge in [0.15, 0.2) is 12.4 Å². The number of hydrogen-bond acceptors (Lipinski definition) is 0. The third-order valence-electron chi connectivity index (χ3n) is 8.25. The summed E-state index contributed by atoms with van der Waals surface area (Å²) in [5.41, 5.74) is 5.36. The topological polar surface area (TPSA) is 3.88 Å². The molecular formula is C39H46BN. The molecule has 5 rings (SSSR count). The van der Waals surface area contributed by atoms with E-state index in [9.17, 15) is 0 Å². The van der Waals surface area contributed by atoms with Gasteiger partial charge in [0.25, 0.3) is 0 Å². The Morgan fingerprint density at radius 2 is 0.707 bits per heavy atom. The van der Waals surface area contributed by atoms with Gasteiger partial charge in [0.2, 0.25) is 0 Å². The Morgan fingerprint density at radius 1 is 0.390 bits per heavy atom. The maximum atomic E-state index is 2.27. The summed E-state index contributed by atoms with van der Waals surface area (Å²) < 4.78 is 2.27. The minimum absolute atomic E-state index is 1.18. The van der Waals surface area contributed by atoms with E-state index < -0.39 is 6.15 Å². The van der Waals surface area contributed by atoms with Crippen LogP contribution in [0.5, 0.6) is 0 Å². The van der Waals surface area contributed by atoms with E-state index >= 15 is 0 Å². The van der Waals surface area contributed by atoms with E-state index in [0.717, 1.165) is 0 Å². The van der Waals surface area contributed by atoms with Crippen molar-refractivity contribution in [3.63, 3.8) is 0 Å². The van der Waals surface area contributed by atoms with Crippen LogP contribution in [0.3, 0.4) is 0 Å². The molecule has 210 valence electrons. The summed E-state index contributed by atoms with van der Waals surface area (Å²) in [4.78, 5) is 0. The molecule has 1 aromatic heterocycles. The Bertz CT molecular complexity index is 1180. The molecule has 0 spiro atoms. The lowest BCUT2D eigenvalue weighted by molar-refractivity contribution is -0.697. The molecule has 0 atom stereocenters. The molecule has 0 unspecified atom stereocenters. The molecule has 0 amide bonds. The van der Waals surface area contributed by atoms with Gasteiger partial charge >= 0.3 is 0 Å². The molecule has 2 heteroatoms. The van der Waals surface area contributed by atoms with Gasteiger partial charge in [0.05, 0.1) is 0 Å². The number of pyridine rings is 1. The summed E-state index contributed by atoms with van der Waals surface area (Å²) in [6.07, 6.45) is 14.3. The average Bonchev–Trinajstić information content (AvgIpc) is 3.06. The minimum Gasteiger partial charge on any atom is -0.205 e. The molecule has 0 aliphatic rings. The van der Waals surface area contributed by atoms with Crippen molar-refractivity contribution < 1.29 is 4.57 Å². The predicted octanol–water partition coefficient (Wildman–Crippen LogP) is 7.18. The van der Waals surface area contributed by atoms with Gasteiger partial charge in [0, 0.05) is 18.6 Å². The Morgan fingerprint density at radius 3 is 1.07 bits per heavy atom. The number of benzene rings is 4. The lowest BCUT2D eigenvalue weighted by atomic mass is 9.13. The van der Waals surface area contributed by atoms with Gasteiger partial charge < -0.3 is 0 Å². The third kappa shape index (κ3) is 8.54. The Hall–Kier alpha value is -3.91. The van der Waals surface area contributed by atoms with E-state index in [1.54, 1.807) is 0 Å². The number of hydrogen-bond donors (Lipinski definition) is 0. The smallest absolute Gasteiger partial charge is 0.168 e. The van der Waals surface area contributed by atoms with Crippen LogP contribution in [0.25, 0.3) is 0 Å². The van der Waals surface area contributed by atoms with Gasteiger partial charge in [-0.05, 0) is 6.42 Å². The Balaban J connectivity index is 0.000000210. The molecule has 0 N–H and O–H groups in total. The fraction of sp³-hybridized carbons (Fsp3) is 0.256. The third-order valence-corrected chi connectivity index (χ3v) is 8.25. The first-order chi connectivity index (χ1) is 20.4. The predicted molar refractivity (Wildman–Crippen MR) is 179 cm³/mol. The van der Waals surface area contributed by atoms with Crippen LogP contribution >= 0.6 is 0 Å². The highest BCUT2D eigenvalue weighted by molar-refractivity contribution is 7.19. The van der Waals surface area contributed by atoms with Gasteiger partial charge in [-0.1, -0.05) is 173 Å². The second-order valence-electron chi connectivity index (χ2n) is 11.1. The first kappa shape index (κ1) is 30.1. The van der Waals surface area contributed by atoms with Crippen molar-refractivity contribution in [1.29, 1.82) is 0 Å². The number of aromatic nitrogens is 1. The summed E-state index contributed by atoms with van der Waals surface area (Å²) in [6, 6.07) is 49.8. The first-order valence-electron chi connectivity index (χ1n) is 15.7. The molecule has 41 heavy (non-hydrogen) atoms. The summed E-state index contributed by atoms with van der Waals surface area (Å²) in [5, 5.41) is 0. The van der Waals surface area contributed by atoms with Gasteiger partial charge in [-0.25, -0.2) is 4.57 Å².